The van der Waals surface area contributed by atoms with E-state index in [0.717, 1.165) is 10.7 Å². The molecular formula is C16H18N4S2. The maximum atomic E-state index is 4.40. The molecule has 0 radical (unpaired) electrons. The Bertz CT molecular complexity index is 760. The van der Waals surface area contributed by atoms with Crippen LogP contribution < -0.4 is 4.31 Å². The highest BCUT2D eigenvalue weighted by molar-refractivity contribution is 7.98. The summed E-state index contributed by atoms with van der Waals surface area (Å²) < 4.78 is 4.69. The number of hydrogen-bond acceptors (Lipinski definition) is 5. The third-order valence-corrected chi connectivity index (χ3v) is 5.78. The molecule has 3 heterocycles. The number of benzene rings is 1. The monoisotopic (exact) mass is 330 g/mol. The van der Waals surface area contributed by atoms with Gasteiger partial charge in [0.2, 0.25) is 0 Å². The van der Waals surface area contributed by atoms with E-state index in [0.29, 0.717) is 0 Å². The lowest BCUT2D eigenvalue weighted by molar-refractivity contribution is 0.586. The Morgan fingerprint density at radius 1 is 1.32 bits per heavy atom. The molecule has 1 saturated heterocycles. The molecule has 6 heteroatoms. The Hall–Kier alpha value is -1.50. The summed E-state index contributed by atoms with van der Waals surface area (Å²) in [6.45, 7) is 2.36. The summed E-state index contributed by atoms with van der Waals surface area (Å²) in [5.74, 6) is 0. The Labute approximate surface area is 138 Å². The lowest BCUT2D eigenvalue weighted by atomic mass is 10.2. The van der Waals surface area contributed by atoms with Gasteiger partial charge in [0.15, 0.2) is 0 Å². The van der Waals surface area contributed by atoms with E-state index in [1.807, 2.05) is 23.7 Å². The summed E-state index contributed by atoms with van der Waals surface area (Å²) in [4.78, 5) is 7.95. The number of nitrogens with one attached hydrogen (secondary N) is 1. The molecule has 0 atom stereocenters. The maximum Gasteiger partial charge on any atom is 0.139 e. The van der Waals surface area contributed by atoms with Gasteiger partial charge < -0.3 is 9.29 Å². The van der Waals surface area contributed by atoms with E-state index in [9.17, 15) is 0 Å². The van der Waals surface area contributed by atoms with Crippen LogP contribution in [0.25, 0.3) is 21.6 Å². The fraction of sp³-hybridized carbons (Fsp3) is 0.312. The number of H-pyrrole nitrogens is 1. The molecule has 1 fully saturated rings. The lowest BCUT2D eigenvalue weighted by Gasteiger charge is -2.23. The van der Waals surface area contributed by atoms with Gasteiger partial charge in [-0.2, -0.15) is 0 Å². The van der Waals surface area contributed by atoms with E-state index in [2.05, 4.69) is 49.9 Å². The van der Waals surface area contributed by atoms with Gasteiger partial charge in [0.05, 0.1) is 16.9 Å². The minimum atomic E-state index is 1.04. The van der Waals surface area contributed by atoms with Crippen molar-refractivity contribution in [3.8, 4) is 10.7 Å². The van der Waals surface area contributed by atoms with Crippen LogP contribution in [0.15, 0.2) is 35.8 Å². The largest absolute Gasteiger partial charge is 0.351 e. The smallest absolute Gasteiger partial charge is 0.139 e. The molecule has 2 aromatic heterocycles. The Balaban J connectivity index is 1.68. The minimum Gasteiger partial charge on any atom is -0.351 e. The van der Waals surface area contributed by atoms with Gasteiger partial charge in [0.1, 0.15) is 5.01 Å². The van der Waals surface area contributed by atoms with Crippen molar-refractivity contribution in [1.82, 2.24) is 14.3 Å². The van der Waals surface area contributed by atoms with Crippen molar-refractivity contribution in [1.29, 1.82) is 0 Å². The number of anilines is 1. The fourth-order valence-electron chi connectivity index (χ4n) is 2.86. The number of aromatic amines is 1. The number of para-hydroxylation sites is 1. The zero-order valence-corrected chi connectivity index (χ0v) is 14.1. The lowest BCUT2D eigenvalue weighted by Crippen LogP contribution is -2.19. The molecule has 3 aromatic rings. The zero-order valence-electron chi connectivity index (χ0n) is 12.5. The highest BCUT2D eigenvalue weighted by Gasteiger charge is 2.17. The molecule has 0 bridgehead atoms. The molecule has 1 aliphatic heterocycles. The first kappa shape index (κ1) is 14.1. The van der Waals surface area contributed by atoms with Gasteiger partial charge in [-0.25, -0.2) is 9.29 Å². The zero-order chi connectivity index (χ0) is 14.9. The maximum absolute atomic E-state index is 4.40. The number of thiazole rings is 1. The summed E-state index contributed by atoms with van der Waals surface area (Å²) in [6, 6.07) is 8.64. The van der Waals surface area contributed by atoms with Crippen LogP contribution in [0.3, 0.4) is 0 Å². The van der Waals surface area contributed by atoms with Gasteiger partial charge >= 0.3 is 0 Å². The summed E-state index contributed by atoms with van der Waals surface area (Å²) in [5, 5.41) is 4.28. The van der Waals surface area contributed by atoms with Gasteiger partial charge in [-0.05, 0) is 25.0 Å². The van der Waals surface area contributed by atoms with Crippen LogP contribution in [0.5, 0.6) is 0 Å². The number of hydrogen-bond donors (Lipinski definition) is 1. The fourth-order valence-corrected chi connectivity index (χ4v) is 4.48. The van der Waals surface area contributed by atoms with Crippen molar-refractivity contribution >= 4 is 40.1 Å². The molecule has 1 aliphatic rings. The number of aromatic nitrogens is 2. The quantitative estimate of drug-likeness (QED) is 0.720. The van der Waals surface area contributed by atoms with Crippen molar-refractivity contribution in [3.05, 3.63) is 35.8 Å². The Morgan fingerprint density at radius 3 is 2.95 bits per heavy atom. The molecule has 1 N–H and O–H groups in total. The van der Waals surface area contributed by atoms with Crippen LogP contribution in [0.4, 0.5) is 5.69 Å². The molecule has 1 aromatic carbocycles. The van der Waals surface area contributed by atoms with E-state index in [-0.39, 0.29) is 0 Å². The number of fused-ring (bicyclic) bond motifs is 1. The molecule has 0 amide bonds. The van der Waals surface area contributed by atoms with Gasteiger partial charge in [-0.1, -0.05) is 12.1 Å². The predicted molar refractivity (Wildman–Crippen MR) is 96.2 cm³/mol. The second-order valence-electron chi connectivity index (χ2n) is 5.48. The highest BCUT2D eigenvalue weighted by Crippen LogP contribution is 2.34. The predicted octanol–water partition coefficient (Wildman–Crippen LogP) is 4.39. The van der Waals surface area contributed by atoms with Crippen LogP contribution in [-0.4, -0.2) is 34.4 Å². The van der Waals surface area contributed by atoms with Crippen molar-refractivity contribution < 1.29 is 0 Å². The first-order valence-electron chi connectivity index (χ1n) is 7.49. The van der Waals surface area contributed by atoms with Crippen LogP contribution in [-0.2, 0) is 0 Å². The van der Waals surface area contributed by atoms with Crippen molar-refractivity contribution in [2.75, 3.05) is 24.4 Å². The second-order valence-corrected chi connectivity index (χ2v) is 7.60. The molecule has 114 valence electrons. The van der Waals surface area contributed by atoms with Crippen LogP contribution in [0.2, 0.25) is 0 Å². The molecule has 0 unspecified atom stereocenters. The van der Waals surface area contributed by atoms with Gasteiger partial charge in [-0.15, -0.1) is 11.3 Å². The second kappa shape index (κ2) is 5.95. The van der Waals surface area contributed by atoms with E-state index in [1.54, 1.807) is 11.3 Å². The standard InChI is InChI=1S/C16H18N4S2/c1-19(22-20-8-2-3-9-20)14-6-4-5-12-11-13(18-15(12)14)16-17-7-10-21-16/h4-7,10-11,18H,2-3,8-9H2,1H3. The Morgan fingerprint density at radius 2 is 2.18 bits per heavy atom. The Kier molecular flexibility index (Phi) is 3.82. The van der Waals surface area contributed by atoms with Crippen molar-refractivity contribution in [2.24, 2.45) is 0 Å². The summed E-state index contributed by atoms with van der Waals surface area (Å²) >= 11 is 3.48. The van der Waals surface area contributed by atoms with E-state index in [4.69, 9.17) is 0 Å². The van der Waals surface area contributed by atoms with Gasteiger partial charge in [0.25, 0.3) is 0 Å². The van der Waals surface area contributed by atoms with Gasteiger partial charge in [0, 0.05) is 49.2 Å². The van der Waals surface area contributed by atoms with E-state index >= 15 is 0 Å². The summed E-state index contributed by atoms with van der Waals surface area (Å²) in [5.41, 5.74) is 3.50. The third-order valence-electron chi connectivity index (χ3n) is 3.94. The molecule has 0 saturated carbocycles. The van der Waals surface area contributed by atoms with Crippen LogP contribution >= 0.6 is 23.5 Å². The minimum absolute atomic E-state index is 1.04. The number of rotatable bonds is 4. The SMILES string of the molecule is CN(SN1CCCC1)c1cccc2cc(-c3nccs3)[nH]c12. The molecule has 0 spiro atoms. The average Bonchev–Trinajstić information content (AvgIpc) is 3.26. The summed E-state index contributed by atoms with van der Waals surface area (Å²) in [6.07, 6.45) is 4.46. The highest BCUT2D eigenvalue weighted by atomic mass is 32.2. The topological polar surface area (TPSA) is 35.2 Å². The molecule has 0 aliphatic carbocycles. The first-order valence-corrected chi connectivity index (χ1v) is 9.10. The van der Waals surface area contributed by atoms with Gasteiger partial charge in [-0.3, -0.25) is 0 Å². The van der Waals surface area contributed by atoms with Crippen LogP contribution in [0, 0.1) is 0 Å². The molecule has 22 heavy (non-hydrogen) atoms. The van der Waals surface area contributed by atoms with Crippen LogP contribution in [0.1, 0.15) is 12.8 Å². The molecular weight excluding hydrogens is 312 g/mol. The first-order chi connectivity index (χ1) is 10.8. The summed E-state index contributed by atoms with van der Waals surface area (Å²) in [7, 11) is 2.14. The van der Waals surface area contributed by atoms with E-state index in [1.165, 1.54) is 42.5 Å². The van der Waals surface area contributed by atoms with Crippen molar-refractivity contribution in [2.45, 2.75) is 12.8 Å². The molecule has 4 nitrogen and oxygen atoms in total. The van der Waals surface area contributed by atoms with Crippen molar-refractivity contribution in [3.63, 3.8) is 0 Å². The van der Waals surface area contributed by atoms with E-state index < -0.39 is 0 Å². The average molecular weight is 330 g/mol. The normalized spacial score (nSPS) is 15.7. The molecule has 4 rings (SSSR count). The third kappa shape index (κ3) is 2.62. The number of nitrogens with zero attached hydrogens (tertiary/aromatic N) is 3.